The second-order valence-electron chi connectivity index (χ2n) is 4.08. The van der Waals surface area contributed by atoms with Crippen molar-refractivity contribution in [2.45, 2.75) is 13.0 Å². The molecule has 0 aliphatic heterocycles. The second-order valence-corrected chi connectivity index (χ2v) is 4.93. The Kier molecular flexibility index (Phi) is 4.79. The van der Waals surface area contributed by atoms with Gasteiger partial charge in [0.1, 0.15) is 12.4 Å². The van der Waals surface area contributed by atoms with Crippen LogP contribution in [0, 0.1) is 0 Å². The fraction of sp³-hybridized carbons (Fsp3) is 0.200. The number of hydrogen-bond donors (Lipinski definition) is 1. The number of benzene rings is 2. The lowest BCUT2D eigenvalue weighted by Crippen LogP contribution is -2.03. The highest BCUT2D eigenvalue weighted by Crippen LogP contribution is 2.26. The smallest absolute Gasteiger partial charge is 0.134 e. The molecule has 0 radical (unpaired) electrons. The second kappa shape index (κ2) is 6.57. The number of halogens is 1. The number of nitrogens with two attached hydrogens (primary N) is 1. The molecule has 0 amide bonds. The molecule has 0 bridgehead atoms. The molecule has 0 heterocycles. The Morgan fingerprint density at radius 2 is 1.78 bits per heavy atom. The summed E-state index contributed by atoms with van der Waals surface area (Å²) in [5.74, 6) is 0.861. The third kappa shape index (κ3) is 3.59. The summed E-state index contributed by atoms with van der Waals surface area (Å²) >= 11 is 3.52. The lowest BCUT2D eigenvalue weighted by atomic mass is 10.1. The van der Waals surface area contributed by atoms with Gasteiger partial charge in [0, 0.05) is 0 Å². The van der Waals surface area contributed by atoms with Crippen LogP contribution in [0.5, 0.6) is 5.75 Å². The lowest BCUT2D eigenvalue weighted by Gasteiger charge is -2.09. The summed E-state index contributed by atoms with van der Waals surface area (Å²) in [4.78, 5) is 0. The fourth-order valence-corrected chi connectivity index (χ4v) is 2.26. The zero-order valence-electron chi connectivity index (χ0n) is 10.1. The topological polar surface area (TPSA) is 35.2 Å². The molecule has 94 valence electrons. The molecule has 2 rings (SSSR count). The van der Waals surface area contributed by atoms with Crippen LogP contribution in [0.25, 0.3) is 0 Å². The van der Waals surface area contributed by atoms with E-state index < -0.39 is 0 Å². The van der Waals surface area contributed by atoms with Gasteiger partial charge in [-0.05, 0) is 52.2 Å². The molecule has 0 fully saturated rings. The molecule has 0 aliphatic carbocycles. The Labute approximate surface area is 116 Å². The van der Waals surface area contributed by atoms with Crippen molar-refractivity contribution in [3.8, 4) is 5.75 Å². The van der Waals surface area contributed by atoms with E-state index in [4.69, 9.17) is 10.5 Å². The van der Waals surface area contributed by atoms with Gasteiger partial charge in [0.15, 0.2) is 0 Å². The molecule has 2 aromatic carbocycles. The van der Waals surface area contributed by atoms with Gasteiger partial charge in [-0.1, -0.05) is 36.4 Å². The highest BCUT2D eigenvalue weighted by Gasteiger charge is 2.03. The van der Waals surface area contributed by atoms with Crippen LogP contribution in [0.15, 0.2) is 53.0 Å². The molecule has 0 aromatic heterocycles. The average molecular weight is 306 g/mol. The van der Waals surface area contributed by atoms with E-state index in [0.29, 0.717) is 13.2 Å². The van der Waals surface area contributed by atoms with Crippen LogP contribution in [-0.2, 0) is 13.0 Å². The quantitative estimate of drug-likeness (QED) is 0.917. The minimum Gasteiger partial charge on any atom is -0.488 e. The third-order valence-corrected chi connectivity index (χ3v) is 3.29. The maximum absolute atomic E-state index is 5.78. The molecule has 0 aliphatic rings. The number of hydrogen-bond acceptors (Lipinski definition) is 2. The van der Waals surface area contributed by atoms with Crippen LogP contribution in [0.4, 0.5) is 0 Å². The predicted octanol–water partition coefficient (Wildman–Crippen LogP) is 3.53. The molecule has 0 saturated carbocycles. The van der Waals surface area contributed by atoms with Crippen molar-refractivity contribution in [1.29, 1.82) is 0 Å². The minimum atomic E-state index is 0.579. The zero-order valence-corrected chi connectivity index (χ0v) is 11.7. The van der Waals surface area contributed by atoms with E-state index in [1.54, 1.807) is 0 Å². The van der Waals surface area contributed by atoms with Gasteiger partial charge in [0.2, 0.25) is 0 Å². The summed E-state index contributed by atoms with van der Waals surface area (Å²) in [6.07, 6.45) is 0.886. The standard InChI is InChI=1S/C15H16BrNO/c16-14-10-12(8-9-17)6-7-15(14)18-11-13-4-2-1-3-5-13/h1-7,10H,8-9,11,17H2. The van der Waals surface area contributed by atoms with Crippen molar-refractivity contribution in [2.24, 2.45) is 5.73 Å². The minimum absolute atomic E-state index is 0.579. The molecule has 18 heavy (non-hydrogen) atoms. The van der Waals surface area contributed by atoms with Crippen LogP contribution >= 0.6 is 15.9 Å². The summed E-state index contributed by atoms with van der Waals surface area (Å²) < 4.78 is 6.75. The average Bonchev–Trinajstić information content (AvgIpc) is 2.39. The molecule has 2 nitrogen and oxygen atoms in total. The van der Waals surface area contributed by atoms with Gasteiger partial charge in [-0.2, -0.15) is 0 Å². The van der Waals surface area contributed by atoms with E-state index in [2.05, 4.69) is 40.2 Å². The van der Waals surface area contributed by atoms with Gasteiger partial charge in [0.05, 0.1) is 4.47 Å². The first kappa shape index (κ1) is 13.1. The highest BCUT2D eigenvalue weighted by atomic mass is 79.9. The Hall–Kier alpha value is -1.32. The maximum Gasteiger partial charge on any atom is 0.134 e. The molecule has 0 saturated heterocycles. The summed E-state index contributed by atoms with van der Waals surface area (Å²) in [5.41, 5.74) is 7.92. The Bertz CT molecular complexity index is 499. The van der Waals surface area contributed by atoms with E-state index in [0.717, 1.165) is 22.2 Å². The molecule has 0 spiro atoms. The normalized spacial score (nSPS) is 10.3. The van der Waals surface area contributed by atoms with Gasteiger partial charge < -0.3 is 10.5 Å². The van der Waals surface area contributed by atoms with Crippen LogP contribution in [0.3, 0.4) is 0 Å². The molecule has 0 atom stereocenters. The van der Waals surface area contributed by atoms with Gasteiger partial charge >= 0.3 is 0 Å². The SMILES string of the molecule is NCCc1ccc(OCc2ccccc2)c(Br)c1. The van der Waals surface area contributed by atoms with Crippen molar-refractivity contribution >= 4 is 15.9 Å². The van der Waals surface area contributed by atoms with Gasteiger partial charge in [-0.15, -0.1) is 0 Å². The third-order valence-electron chi connectivity index (χ3n) is 2.67. The first-order chi connectivity index (χ1) is 8.79. The first-order valence-corrected chi connectivity index (χ1v) is 6.74. The van der Waals surface area contributed by atoms with E-state index >= 15 is 0 Å². The number of rotatable bonds is 5. The number of ether oxygens (including phenoxy) is 1. The van der Waals surface area contributed by atoms with Crippen LogP contribution < -0.4 is 10.5 Å². The van der Waals surface area contributed by atoms with Crippen LogP contribution in [0.2, 0.25) is 0 Å². The van der Waals surface area contributed by atoms with E-state index in [1.165, 1.54) is 5.56 Å². The van der Waals surface area contributed by atoms with Crippen molar-refractivity contribution in [3.05, 3.63) is 64.1 Å². The molecule has 0 unspecified atom stereocenters. The fourth-order valence-electron chi connectivity index (χ4n) is 1.72. The zero-order chi connectivity index (χ0) is 12.8. The lowest BCUT2D eigenvalue weighted by molar-refractivity contribution is 0.304. The Balaban J connectivity index is 2.01. The molecule has 3 heteroatoms. The van der Waals surface area contributed by atoms with Gasteiger partial charge in [0.25, 0.3) is 0 Å². The van der Waals surface area contributed by atoms with Crippen molar-refractivity contribution in [2.75, 3.05) is 6.54 Å². The van der Waals surface area contributed by atoms with E-state index in [9.17, 15) is 0 Å². The Morgan fingerprint density at radius 1 is 1.00 bits per heavy atom. The highest BCUT2D eigenvalue weighted by molar-refractivity contribution is 9.10. The Morgan fingerprint density at radius 3 is 2.44 bits per heavy atom. The molecule has 2 aromatic rings. The van der Waals surface area contributed by atoms with Crippen molar-refractivity contribution < 1.29 is 4.74 Å². The predicted molar refractivity (Wildman–Crippen MR) is 77.7 cm³/mol. The maximum atomic E-state index is 5.78. The summed E-state index contributed by atoms with van der Waals surface area (Å²) in [6.45, 7) is 1.24. The summed E-state index contributed by atoms with van der Waals surface area (Å²) in [6, 6.07) is 16.2. The largest absolute Gasteiger partial charge is 0.488 e. The first-order valence-electron chi connectivity index (χ1n) is 5.95. The van der Waals surface area contributed by atoms with Gasteiger partial charge in [-0.3, -0.25) is 0 Å². The van der Waals surface area contributed by atoms with Crippen molar-refractivity contribution in [3.63, 3.8) is 0 Å². The summed E-state index contributed by atoms with van der Waals surface area (Å²) in [7, 11) is 0. The van der Waals surface area contributed by atoms with E-state index in [-0.39, 0.29) is 0 Å². The molecular formula is C15H16BrNO. The molecular weight excluding hydrogens is 290 g/mol. The van der Waals surface area contributed by atoms with Crippen LogP contribution in [0.1, 0.15) is 11.1 Å². The van der Waals surface area contributed by atoms with Crippen molar-refractivity contribution in [1.82, 2.24) is 0 Å². The van der Waals surface area contributed by atoms with Crippen LogP contribution in [-0.4, -0.2) is 6.54 Å². The van der Waals surface area contributed by atoms with E-state index in [1.807, 2.05) is 24.3 Å². The summed E-state index contributed by atoms with van der Waals surface area (Å²) in [5, 5.41) is 0. The van der Waals surface area contributed by atoms with Gasteiger partial charge in [-0.25, -0.2) is 0 Å². The monoisotopic (exact) mass is 305 g/mol. The molecule has 2 N–H and O–H groups in total.